The molecule has 0 aromatic heterocycles. The molecule has 34 heavy (non-hydrogen) atoms. The number of aliphatic hydroxyl groups is 2. The van der Waals surface area contributed by atoms with Crippen LogP contribution in [-0.2, 0) is 4.79 Å². The first-order chi connectivity index (χ1) is 15.7. The second-order valence-electron chi connectivity index (χ2n) is 13.6. The third kappa shape index (κ3) is 5.62. The van der Waals surface area contributed by atoms with Crippen molar-refractivity contribution in [2.75, 3.05) is 0 Å². The van der Waals surface area contributed by atoms with Gasteiger partial charge in [-0.15, -0.1) is 0 Å². The minimum absolute atomic E-state index is 0.271. The fourth-order valence-electron chi connectivity index (χ4n) is 7.60. The molecule has 2 unspecified atom stereocenters. The van der Waals surface area contributed by atoms with Gasteiger partial charge >= 0.3 is 0 Å². The van der Waals surface area contributed by atoms with Gasteiger partial charge in [0.05, 0.1) is 12.2 Å². The molecule has 0 aliphatic heterocycles. The lowest BCUT2D eigenvalue weighted by Gasteiger charge is -2.45. The first-order valence-electron chi connectivity index (χ1n) is 13.7. The molecule has 2 N–H and O–H groups in total. The van der Waals surface area contributed by atoms with Crippen molar-refractivity contribution < 1.29 is 15.0 Å². The molecule has 3 aliphatic carbocycles. The van der Waals surface area contributed by atoms with Crippen molar-refractivity contribution in [1.82, 2.24) is 0 Å². The standard InChI is InChI=1S/C31H50O3/c1-20(15-17-30(6,7)28(34)29(3,4)5)25-13-14-26-22(10-9-16-31(25,26)8)11-12-23-18-24(32)19-27(33)21(23)2/h11-12,20,24-27,32-33H,2,9-10,13-19H2,1,3-8H3/b22-11+,23-12-/t20-,24-,25?,26?,27+,31-/m1/s1. The Hall–Kier alpha value is -1.19. The van der Waals surface area contributed by atoms with E-state index in [1.807, 2.05) is 20.8 Å². The Morgan fingerprint density at radius 1 is 1.18 bits per heavy atom. The summed E-state index contributed by atoms with van der Waals surface area (Å²) in [7, 11) is 0. The van der Waals surface area contributed by atoms with E-state index in [1.54, 1.807) is 5.57 Å². The Bertz CT molecular complexity index is 839. The van der Waals surface area contributed by atoms with E-state index in [0.717, 1.165) is 30.4 Å². The highest BCUT2D eigenvalue weighted by Gasteiger charge is 2.50. The van der Waals surface area contributed by atoms with Crippen LogP contribution in [0.4, 0.5) is 0 Å². The monoisotopic (exact) mass is 470 g/mol. The predicted octanol–water partition coefficient (Wildman–Crippen LogP) is 7.19. The lowest BCUT2D eigenvalue weighted by Crippen LogP contribution is -2.38. The van der Waals surface area contributed by atoms with Crippen molar-refractivity contribution in [2.45, 2.75) is 118 Å². The Balaban J connectivity index is 1.71. The molecule has 3 fully saturated rings. The molecule has 0 saturated heterocycles. The first kappa shape index (κ1) is 27.4. The maximum atomic E-state index is 13.0. The third-order valence-electron chi connectivity index (χ3n) is 9.51. The number of carbonyl (C=O) groups excluding carboxylic acids is 1. The molecule has 0 aromatic rings. The van der Waals surface area contributed by atoms with E-state index in [4.69, 9.17) is 0 Å². The third-order valence-corrected chi connectivity index (χ3v) is 9.51. The summed E-state index contributed by atoms with van der Waals surface area (Å²) in [6.07, 6.45) is 12.6. The van der Waals surface area contributed by atoms with Gasteiger partial charge in [-0.05, 0) is 85.7 Å². The minimum Gasteiger partial charge on any atom is -0.393 e. The van der Waals surface area contributed by atoms with Crippen LogP contribution in [0, 0.1) is 34.0 Å². The van der Waals surface area contributed by atoms with Gasteiger partial charge in [0.15, 0.2) is 0 Å². The Labute approximate surface area is 208 Å². The largest absolute Gasteiger partial charge is 0.393 e. The van der Waals surface area contributed by atoms with Crippen LogP contribution < -0.4 is 0 Å². The van der Waals surface area contributed by atoms with E-state index in [1.165, 1.54) is 25.7 Å². The smallest absolute Gasteiger partial charge is 0.143 e. The van der Waals surface area contributed by atoms with E-state index in [9.17, 15) is 15.0 Å². The van der Waals surface area contributed by atoms with E-state index in [2.05, 4.69) is 46.4 Å². The molecule has 192 valence electrons. The van der Waals surface area contributed by atoms with Crippen molar-refractivity contribution in [1.29, 1.82) is 0 Å². The molecular weight excluding hydrogens is 420 g/mol. The number of ketones is 1. The maximum Gasteiger partial charge on any atom is 0.143 e. The fraction of sp³-hybridized carbons (Fsp3) is 0.774. The van der Waals surface area contributed by atoms with Crippen molar-refractivity contribution in [3.8, 4) is 0 Å². The zero-order valence-electron chi connectivity index (χ0n) is 22.9. The van der Waals surface area contributed by atoms with Crippen molar-refractivity contribution in [2.24, 2.45) is 34.0 Å². The number of allylic oxidation sites excluding steroid dienone is 3. The van der Waals surface area contributed by atoms with Gasteiger partial charge in [-0.1, -0.05) is 72.8 Å². The second-order valence-corrected chi connectivity index (χ2v) is 13.6. The molecule has 0 radical (unpaired) electrons. The van der Waals surface area contributed by atoms with E-state index in [-0.39, 0.29) is 10.8 Å². The average Bonchev–Trinajstić information content (AvgIpc) is 3.10. The molecule has 6 atom stereocenters. The molecule has 0 heterocycles. The molecule has 3 nitrogen and oxygen atoms in total. The lowest BCUT2D eigenvalue weighted by molar-refractivity contribution is -0.135. The van der Waals surface area contributed by atoms with Crippen molar-refractivity contribution >= 4 is 5.78 Å². The summed E-state index contributed by atoms with van der Waals surface area (Å²) >= 11 is 0. The van der Waals surface area contributed by atoms with Crippen molar-refractivity contribution in [3.05, 3.63) is 35.5 Å². The number of carbonyl (C=O) groups is 1. The Morgan fingerprint density at radius 3 is 2.50 bits per heavy atom. The Morgan fingerprint density at radius 2 is 1.85 bits per heavy atom. The number of hydrogen-bond donors (Lipinski definition) is 2. The molecule has 3 saturated carbocycles. The molecule has 3 rings (SSSR count). The summed E-state index contributed by atoms with van der Waals surface area (Å²) in [5.74, 6) is 2.30. The Kier molecular flexibility index (Phi) is 8.10. The quantitative estimate of drug-likeness (QED) is 0.432. The van der Waals surface area contributed by atoms with Gasteiger partial charge in [0.1, 0.15) is 5.78 Å². The van der Waals surface area contributed by atoms with E-state index in [0.29, 0.717) is 41.8 Å². The summed E-state index contributed by atoms with van der Waals surface area (Å²) in [6, 6.07) is 0. The van der Waals surface area contributed by atoms with Crippen molar-refractivity contribution in [3.63, 3.8) is 0 Å². The number of rotatable bonds is 6. The van der Waals surface area contributed by atoms with Gasteiger partial charge in [-0.3, -0.25) is 4.79 Å². The second kappa shape index (κ2) is 10.1. The van der Waals surface area contributed by atoms with Crippen LogP contribution in [0.3, 0.4) is 0 Å². The van der Waals surface area contributed by atoms with Crippen LogP contribution in [-0.4, -0.2) is 28.2 Å². The molecule has 0 aromatic carbocycles. The molecule has 0 amide bonds. The normalized spacial score (nSPS) is 36.1. The van der Waals surface area contributed by atoms with Crippen LogP contribution in [0.25, 0.3) is 0 Å². The molecular formula is C31H50O3. The SMILES string of the molecule is C=C1/C(=C\C=C2/CCC[C@@]3(C)C2CCC3[C@H](C)CCC(C)(C)C(=O)C(C)(C)C)C[C@@H](O)C[C@@H]1O. The zero-order chi connectivity index (χ0) is 25.5. The number of Topliss-reactive ketones (excluding diaryl/α,β-unsaturated/α-hetero) is 1. The summed E-state index contributed by atoms with van der Waals surface area (Å²) in [4.78, 5) is 13.0. The molecule has 0 bridgehead atoms. The maximum absolute atomic E-state index is 13.0. The van der Waals surface area contributed by atoms with Crippen LogP contribution in [0.5, 0.6) is 0 Å². The summed E-state index contributed by atoms with van der Waals surface area (Å²) < 4.78 is 0. The van der Waals surface area contributed by atoms with Gasteiger partial charge in [0.25, 0.3) is 0 Å². The average molecular weight is 471 g/mol. The summed E-state index contributed by atoms with van der Waals surface area (Å²) in [5.41, 5.74) is 3.08. The summed E-state index contributed by atoms with van der Waals surface area (Å²) in [6.45, 7) is 19.4. The fourth-order valence-corrected chi connectivity index (χ4v) is 7.60. The van der Waals surface area contributed by atoms with Gasteiger partial charge in [-0.25, -0.2) is 0 Å². The topological polar surface area (TPSA) is 57.5 Å². The van der Waals surface area contributed by atoms with Crippen LogP contribution in [0.2, 0.25) is 0 Å². The molecule has 3 heteroatoms. The highest BCUT2D eigenvalue weighted by Crippen LogP contribution is 2.60. The van der Waals surface area contributed by atoms with Gasteiger partial charge in [0, 0.05) is 17.3 Å². The van der Waals surface area contributed by atoms with E-state index >= 15 is 0 Å². The number of hydrogen-bond acceptors (Lipinski definition) is 3. The van der Waals surface area contributed by atoms with Gasteiger partial charge in [-0.2, -0.15) is 0 Å². The predicted molar refractivity (Wildman–Crippen MR) is 141 cm³/mol. The lowest BCUT2D eigenvalue weighted by atomic mass is 9.60. The zero-order valence-corrected chi connectivity index (χ0v) is 22.9. The van der Waals surface area contributed by atoms with Gasteiger partial charge < -0.3 is 10.2 Å². The first-order valence-corrected chi connectivity index (χ1v) is 13.7. The highest BCUT2D eigenvalue weighted by molar-refractivity contribution is 5.88. The highest BCUT2D eigenvalue weighted by atomic mass is 16.3. The van der Waals surface area contributed by atoms with Gasteiger partial charge in [0.2, 0.25) is 0 Å². The molecule has 0 spiro atoms. The number of fused-ring (bicyclic) bond motifs is 1. The molecule has 3 aliphatic rings. The van der Waals surface area contributed by atoms with Crippen LogP contribution in [0.1, 0.15) is 106 Å². The van der Waals surface area contributed by atoms with Crippen LogP contribution >= 0.6 is 0 Å². The summed E-state index contributed by atoms with van der Waals surface area (Å²) in [5, 5.41) is 20.3. The van der Waals surface area contributed by atoms with Crippen LogP contribution in [0.15, 0.2) is 35.5 Å². The number of aliphatic hydroxyl groups excluding tert-OH is 2. The minimum atomic E-state index is -0.629. The van der Waals surface area contributed by atoms with E-state index < -0.39 is 12.2 Å².